The standard InChI is InChI=1S/C16H25BrN2O/c1-15(2,3)18-10-12-9-13(17)5-6-14(12)19-8-7-16(4,20)11-19/h5-6,9,18,20H,7-8,10-11H2,1-4H3. The zero-order valence-electron chi connectivity index (χ0n) is 12.8. The van der Waals surface area contributed by atoms with Gasteiger partial charge in [-0.05, 0) is 57.9 Å². The van der Waals surface area contributed by atoms with E-state index in [2.05, 4.69) is 65.1 Å². The number of β-amino-alcohol motifs (C(OH)–C–C–N with tert-alkyl or cyclic N) is 1. The first-order valence-electron chi connectivity index (χ1n) is 7.17. The fraction of sp³-hybridized carbons (Fsp3) is 0.625. The number of benzene rings is 1. The molecule has 1 saturated heterocycles. The van der Waals surface area contributed by atoms with Gasteiger partial charge in [-0.25, -0.2) is 0 Å². The number of hydrogen-bond donors (Lipinski definition) is 2. The van der Waals surface area contributed by atoms with E-state index in [1.165, 1.54) is 11.3 Å². The van der Waals surface area contributed by atoms with Gasteiger partial charge >= 0.3 is 0 Å². The van der Waals surface area contributed by atoms with Crippen molar-refractivity contribution < 1.29 is 5.11 Å². The lowest BCUT2D eigenvalue weighted by Gasteiger charge is -2.26. The van der Waals surface area contributed by atoms with Crippen LogP contribution in [0.4, 0.5) is 5.69 Å². The molecule has 1 fully saturated rings. The van der Waals surface area contributed by atoms with Crippen molar-refractivity contribution in [3.05, 3.63) is 28.2 Å². The molecule has 4 heteroatoms. The minimum atomic E-state index is -0.568. The molecule has 0 aromatic heterocycles. The topological polar surface area (TPSA) is 35.5 Å². The SMILES string of the molecule is CC1(O)CCN(c2ccc(Br)cc2CNC(C)(C)C)C1. The largest absolute Gasteiger partial charge is 0.388 e. The van der Waals surface area contributed by atoms with Crippen molar-refractivity contribution in [1.29, 1.82) is 0 Å². The molecule has 0 bridgehead atoms. The van der Waals surface area contributed by atoms with Crippen molar-refractivity contribution in [2.45, 2.75) is 51.8 Å². The van der Waals surface area contributed by atoms with Crippen LogP contribution in [0.2, 0.25) is 0 Å². The Kier molecular flexibility index (Phi) is 4.47. The monoisotopic (exact) mass is 340 g/mol. The average Bonchev–Trinajstić information content (AvgIpc) is 2.66. The Labute approximate surface area is 130 Å². The molecule has 2 N–H and O–H groups in total. The van der Waals surface area contributed by atoms with E-state index in [1.54, 1.807) is 0 Å². The molecule has 2 rings (SSSR count). The van der Waals surface area contributed by atoms with E-state index in [0.29, 0.717) is 6.54 Å². The number of aliphatic hydroxyl groups is 1. The minimum Gasteiger partial charge on any atom is -0.388 e. The van der Waals surface area contributed by atoms with E-state index >= 15 is 0 Å². The van der Waals surface area contributed by atoms with Gasteiger partial charge in [-0.3, -0.25) is 0 Å². The Morgan fingerprint density at radius 3 is 2.65 bits per heavy atom. The summed E-state index contributed by atoms with van der Waals surface area (Å²) in [5, 5.41) is 13.7. The maximum atomic E-state index is 10.2. The molecule has 1 unspecified atom stereocenters. The fourth-order valence-electron chi connectivity index (χ4n) is 2.52. The van der Waals surface area contributed by atoms with Crippen LogP contribution >= 0.6 is 15.9 Å². The summed E-state index contributed by atoms with van der Waals surface area (Å²) in [5.41, 5.74) is 2.02. The molecule has 0 radical (unpaired) electrons. The smallest absolute Gasteiger partial charge is 0.0810 e. The summed E-state index contributed by atoms with van der Waals surface area (Å²) in [6.45, 7) is 10.9. The molecule has 0 saturated carbocycles. The predicted molar refractivity (Wildman–Crippen MR) is 88.2 cm³/mol. The number of nitrogens with zero attached hydrogens (tertiary/aromatic N) is 1. The summed E-state index contributed by atoms with van der Waals surface area (Å²) in [5.74, 6) is 0. The van der Waals surface area contributed by atoms with Crippen LogP contribution in [0, 0.1) is 0 Å². The maximum absolute atomic E-state index is 10.2. The van der Waals surface area contributed by atoms with Crippen LogP contribution in [0.5, 0.6) is 0 Å². The Bertz CT molecular complexity index is 480. The zero-order valence-corrected chi connectivity index (χ0v) is 14.4. The van der Waals surface area contributed by atoms with Crippen molar-refractivity contribution in [3.8, 4) is 0 Å². The highest BCUT2D eigenvalue weighted by Crippen LogP contribution is 2.31. The number of hydrogen-bond acceptors (Lipinski definition) is 3. The molecule has 1 atom stereocenters. The van der Waals surface area contributed by atoms with Gasteiger partial charge in [0.2, 0.25) is 0 Å². The maximum Gasteiger partial charge on any atom is 0.0810 e. The third-order valence-corrected chi connectivity index (χ3v) is 4.14. The van der Waals surface area contributed by atoms with Crippen LogP contribution in [-0.2, 0) is 6.54 Å². The summed E-state index contributed by atoms with van der Waals surface area (Å²) in [4.78, 5) is 2.28. The zero-order chi connectivity index (χ0) is 15.0. The molecule has 0 aliphatic carbocycles. The van der Waals surface area contributed by atoms with Crippen LogP contribution in [0.25, 0.3) is 0 Å². The first-order chi connectivity index (χ1) is 9.16. The lowest BCUT2D eigenvalue weighted by atomic mass is 10.1. The van der Waals surface area contributed by atoms with Crippen molar-refractivity contribution in [2.75, 3.05) is 18.0 Å². The van der Waals surface area contributed by atoms with Gasteiger partial charge < -0.3 is 15.3 Å². The third kappa shape index (κ3) is 4.21. The van der Waals surface area contributed by atoms with Gasteiger partial charge in [0.1, 0.15) is 0 Å². The molecule has 3 nitrogen and oxygen atoms in total. The van der Waals surface area contributed by atoms with E-state index in [4.69, 9.17) is 0 Å². The van der Waals surface area contributed by atoms with E-state index < -0.39 is 5.60 Å². The van der Waals surface area contributed by atoms with Gasteiger partial charge in [0.15, 0.2) is 0 Å². The summed E-state index contributed by atoms with van der Waals surface area (Å²) in [6, 6.07) is 6.38. The first-order valence-corrected chi connectivity index (χ1v) is 7.96. The second-order valence-electron chi connectivity index (χ2n) is 7.05. The van der Waals surface area contributed by atoms with Crippen molar-refractivity contribution in [1.82, 2.24) is 5.32 Å². The van der Waals surface area contributed by atoms with Gasteiger partial charge in [0.25, 0.3) is 0 Å². The molecular formula is C16H25BrN2O. The highest BCUT2D eigenvalue weighted by molar-refractivity contribution is 9.10. The van der Waals surface area contributed by atoms with E-state index in [0.717, 1.165) is 24.0 Å². The Morgan fingerprint density at radius 1 is 1.40 bits per heavy atom. The number of halogens is 1. The van der Waals surface area contributed by atoms with Gasteiger partial charge in [-0.1, -0.05) is 15.9 Å². The highest BCUT2D eigenvalue weighted by atomic mass is 79.9. The first kappa shape index (κ1) is 15.8. The quantitative estimate of drug-likeness (QED) is 0.886. The molecular weight excluding hydrogens is 316 g/mol. The molecule has 1 aromatic carbocycles. The summed E-state index contributed by atoms with van der Waals surface area (Å²) < 4.78 is 1.10. The Hall–Kier alpha value is -0.580. The van der Waals surface area contributed by atoms with Gasteiger partial charge in [0.05, 0.1) is 5.60 Å². The highest BCUT2D eigenvalue weighted by Gasteiger charge is 2.32. The summed E-state index contributed by atoms with van der Waals surface area (Å²) in [7, 11) is 0. The average molecular weight is 341 g/mol. The van der Waals surface area contributed by atoms with Crippen LogP contribution in [0.1, 0.15) is 39.7 Å². The van der Waals surface area contributed by atoms with Gasteiger partial charge in [0, 0.05) is 35.3 Å². The molecule has 0 amide bonds. The van der Waals surface area contributed by atoms with Crippen molar-refractivity contribution in [3.63, 3.8) is 0 Å². The van der Waals surface area contributed by atoms with Gasteiger partial charge in [-0.2, -0.15) is 0 Å². The lowest BCUT2D eigenvalue weighted by Crippen LogP contribution is -2.36. The van der Waals surface area contributed by atoms with Crippen LogP contribution < -0.4 is 10.2 Å². The molecule has 1 aliphatic rings. The third-order valence-electron chi connectivity index (χ3n) is 3.64. The number of anilines is 1. The molecule has 0 spiro atoms. The Balaban J connectivity index is 2.20. The minimum absolute atomic E-state index is 0.0933. The second kappa shape index (κ2) is 5.66. The van der Waals surface area contributed by atoms with Crippen molar-refractivity contribution in [2.24, 2.45) is 0 Å². The van der Waals surface area contributed by atoms with Crippen LogP contribution in [-0.4, -0.2) is 29.3 Å². The van der Waals surface area contributed by atoms with E-state index in [1.807, 2.05) is 6.92 Å². The lowest BCUT2D eigenvalue weighted by molar-refractivity contribution is 0.0839. The second-order valence-corrected chi connectivity index (χ2v) is 7.96. The van der Waals surface area contributed by atoms with Crippen LogP contribution in [0.15, 0.2) is 22.7 Å². The Morgan fingerprint density at radius 2 is 2.10 bits per heavy atom. The van der Waals surface area contributed by atoms with Gasteiger partial charge in [-0.15, -0.1) is 0 Å². The molecule has 1 aromatic rings. The van der Waals surface area contributed by atoms with Crippen LogP contribution in [0.3, 0.4) is 0 Å². The predicted octanol–water partition coefficient (Wildman–Crippen LogP) is 3.30. The molecule has 112 valence electrons. The van der Waals surface area contributed by atoms with E-state index in [-0.39, 0.29) is 5.54 Å². The fourth-order valence-corrected chi connectivity index (χ4v) is 2.92. The summed E-state index contributed by atoms with van der Waals surface area (Å²) in [6.07, 6.45) is 0.829. The number of rotatable bonds is 3. The van der Waals surface area contributed by atoms with Crippen molar-refractivity contribution >= 4 is 21.6 Å². The number of nitrogens with one attached hydrogen (secondary N) is 1. The molecule has 1 aliphatic heterocycles. The molecule has 1 heterocycles. The molecule has 20 heavy (non-hydrogen) atoms. The normalized spacial score (nSPS) is 23.4. The van der Waals surface area contributed by atoms with E-state index in [9.17, 15) is 5.11 Å². The summed E-state index contributed by atoms with van der Waals surface area (Å²) >= 11 is 3.55.